The van der Waals surface area contributed by atoms with Crippen molar-refractivity contribution in [3.63, 3.8) is 0 Å². The van der Waals surface area contributed by atoms with Crippen LogP contribution < -0.4 is 5.32 Å². The number of nitrogens with one attached hydrogen (secondary N) is 1. The lowest BCUT2D eigenvalue weighted by Crippen LogP contribution is -2.44. The minimum Gasteiger partial charge on any atom is -0.396 e. The summed E-state index contributed by atoms with van der Waals surface area (Å²) < 4.78 is 0. The van der Waals surface area contributed by atoms with Crippen LogP contribution >= 0.6 is 0 Å². The highest BCUT2D eigenvalue weighted by Gasteiger charge is 2.28. The molecule has 1 rings (SSSR count). The monoisotopic (exact) mass is 263 g/mol. The van der Waals surface area contributed by atoms with Crippen LogP contribution in [0.2, 0.25) is 0 Å². The lowest BCUT2D eigenvalue weighted by atomic mass is 9.83. The maximum Gasteiger partial charge on any atom is 0.0446 e. The summed E-state index contributed by atoms with van der Waals surface area (Å²) >= 11 is 0. The Hall–Kier alpha value is -0.860. The fraction of sp³-hybridized carbons (Fsp3) is 0.647. The topological polar surface area (TPSA) is 32.3 Å². The smallest absolute Gasteiger partial charge is 0.0446 e. The van der Waals surface area contributed by atoms with Gasteiger partial charge in [0.2, 0.25) is 0 Å². The predicted octanol–water partition coefficient (Wildman–Crippen LogP) is 3.77. The van der Waals surface area contributed by atoms with E-state index in [1.807, 2.05) is 0 Å². The molecule has 0 heterocycles. The Morgan fingerprint density at radius 1 is 1.11 bits per heavy atom. The van der Waals surface area contributed by atoms with Crippen molar-refractivity contribution in [1.82, 2.24) is 5.32 Å². The van der Waals surface area contributed by atoms with E-state index in [0.717, 1.165) is 6.42 Å². The summed E-state index contributed by atoms with van der Waals surface area (Å²) in [7, 11) is 0. The number of hydrogen-bond acceptors (Lipinski definition) is 2. The maximum atomic E-state index is 9.28. The van der Waals surface area contributed by atoms with Crippen molar-refractivity contribution in [3.05, 3.63) is 35.9 Å². The van der Waals surface area contributed by atoms with Crippen LogP contribution in [0.25, 0.3) is 0 Å². The summed E-state index contributed by atoms with van der Waals surface area (Å²) in [6.07, 6.45) is 0.791. The SMILES string of the molecule is CC(C)C(NC(CCO)C(C)(C)C)c1ccccc1. The van der Waals surface area contributed by atoms with Gasteiger partial charge in [0.1, 0.15) is 0 Å². The lowest BCUT2D eigenvalue weighted by Gasteiger charge is -2.36. The van der Waals surface area contributed by atoms with Crippen LogP contribution in [-0.4, -0.2) is 17.8 Å². The number of rotatable bonds is 6. The van der Waals surface area contributed by atoms with Gasteiger partial charge >= 0.3 is 0 Å². The van der Waals surface area contributed by atoms with Gasteiger partial charge in [0.15, 0.2) is 0 Å². The van der Waals surface area contributed by atoms with Gasteiger partial charge in [-0.2, -0.15) is 0 Å². The zero-order valence-corrected chi connectivity index (χ0v) is 13.0. The number of aliphatic hydroxyl groups excluding tert-OH is 1. The molecule has 19 heavy (non-hydrogen) atoms. The molecule has 2 heteroatoms. The van der Waals surface area contributed by atoms with E-state index < -0.39 is 0 Å². The molecule has 2 atom stereocenters. The van der Waals surface area contributed by atoms with Crippen LogP contribution in [0, 0.1) is 11.3 Å². The van der Waals surface area contributed by atoms with Gasteiger partial charge in [-0.1, -0.05) is 65.0 Å². The first-order valence-corrected chi connectivity index (χ1v) is 7.28. The Balaban J connectivity index is 2.89. The molecule has 0 aliphatic heterocycles. The van der Waals surface area contributed by atoms with Crippen molar-refractivity contribution in [2.75, 3.05) is 6.61 Å². The molecule has 0 aromatic heterocycles. The van der Waals surface area contributed by atoms with Gasteiger partial charge in [-0.05, 0) is 23.3 Å². The summed E-state index contributed by atoms with van der Waals surface area (Å²) in [6, 6.07) is 11.2. The molecule has 2 nitrogen and oxygen atoms in total. The van der Waals surface area contributed by atoms with Crippen molar-refractivity contribution in [1.29, 1.82) is 0 Å². The predicted molar refractivity (Wildman–Crippen MR) is 82.1 cm³/mol. The fourth-order valence-corrected chi connectivity index (χ4v) is 2.45. The van der Waals surface area contributed by atoms with E-state index in [2.05, 4.69) is 70.3 Å². The van der Waals surface area contributed by atoms with Gasteiger partial charge in [-0.15, -0.1) is 0 Å². The average molecular weight is 263 g/mol. The van der Waals surface area contributed by atoms with Crippen LogP contribution in [0.3, 0.4) is 0 Å². The zero-order chi connectivity index (χ0) is 14.5. The van der Waals surface area contributed by atoms with Gasteiger partial charge in [0.05, 0.1) is 0 Å². The molecule has 0 aliphatic carbocycles. The van der Waals surface area contributed by atoms with Crippen LogP contribution in [0.1, 0.15) is 52.6 Å². The third kappa shape index (κ3) is 4.96. The Labute approximate surface area is 118 Å². The highest BCUT2D eigenvalue weighted by atomic mass is 16.3. The van der Waals surface area contributed by atoms with Gasteiger partial charge in [-0.3, -0.25) is 0 Å². The van der Waals surface area contributed by atoms with Crippen molar-refractivity contribution in [3.8, 4) is 0 Å². The van der Waals surface area contributed by atoms with Crippen molar-refractivity contribution < 1.29 is 5.11 Å². The van der Waals surface area contributed by atoms with Crippen LogP contribution in [-0.2, 0) is 0 Å². The number of benzene rings is 1. The summed E-state index contributed by atoms with van der Waals surface area (Å²) in [5.41, 5.74) is 1.47. The van der Waals surface area contributed by atoms with Crippen LogP contribution in [0.15, 0.2) is 30.3 Å². The molecule has 2 unspecified atom stereocenters. The van der Waals surface area contributed by atoms with Crippen LogP contribution in [0.4, 0.5) is 0 Å². The first kappa shape index (κ1) is 16.2. The summed E-state index contributed by atoms with van der Waals surface area (Å²) in [5, 5.41) is 13.0. The van der Waals surface area contributed by atoms with Gasteiger partial charge in [-0.25, -0.2) is 0 Å². The molecule has 0 aliphatic rings. The van der Waals surface area contributed by atoms with Crippen molar-refractivity contribution in [2.45, 2.75) is 53.1 Å². The summed E-state index contributed by atoms with van der Waals surface area (Å²) in [6.45, 7) is 11.4. The van der Waals surface area contributed by atoms with E-state index in [9.17, 15) is 5.11 Å². The molecule has 1 aromatic carbocycles. The largest absolute Gasteiger partial charge is 0.396 e. The molecule has 0 spiro atoms. The second-order valence-corrected chi connectivity index (χ2v) is 6.73. The second-order valence-electron chi connectivity index (χ2n) is 6.73. The van der Waals surface area contributed by atoms with Gasteiger partial charge in [0.25, 0.3) is 0 Å². The van der Waals surface area contributed by atoms with Crippen molar-refractivity contribution in [2.24, 2.45) is 11.3 Å². The first-order chi connectivity index (χ1) is 8.86. The molecule has 0 saturated heterocycles. The minimum atomic E-state index is 0.144. The number of aliphatic hydroxyl groups is 1. The molecule has 0 fully saturated rings. The highest BCUT2D eigenvalue weighted by Crippen LogP contribution is 2.28. The summed E-state index contributed by atoms with van der Waals surface area (Å²) in [5.74, 6) is 0.519. The van der Waals surface area contributed by atoms with Crippen molar-refractivity contribution >= 4 is 0 Å². The van der Waals surface area contributed by atoms with E-state index in [1.54, 1.807) is 0 Å². The highest BCUT2D eigenvalue weighted by molar-refractivity contribution is 5.19. The van der Waals surface area contributed by atoms with Gasteiger partial charge < -0.3 is 10.4 Å². The normalized spacial score (nSPS) is 15.5. The molecule has 2 N–H and O–H groups in total. The minimum absolute atomic E-state index is 0.144. The average Bonchev–Trinajstić information content (AvgIpc) is 2.33. The Kier molecular flexibility index (Phi) is 6.02. The quantitative estimate of drug-likeness (QED) is 0.819. The molecule has 1 aromatic rings. The molecular weight excluding hydrogens is 234 g/mol. The van der Waals surface area contributed by atoms with E-state index in [4.69, 9.17) is 0 Å². The molecule has 0 amide bonds. The number of hydrogen-bond donors (Lipinski definition) is 2. The van der Waals surface area contributed by atoms with Gasteiger partial charge in [0, 0.05) is 18.7 Å². The molecule has 0 radical (unpaired) electrons. The molecular formula is C17H29NO. The third-order valence-corrected chi connectivity index (χ3v) is 3.67. The third-order valence-electron chi connectivity index (χ3n) is 3.67. The summed E-state index contributed by atoms with van der Waals surface area (Å²) in [4.78, 5) is 0. The zero-order valence-electron chi connectivity index (χ0n) is 13.0. The van der Waals surface area contributed by atoms with Crippen LogP contribution in [0.5, 0.6) is 0 Å². The van der Waals surface area contributed by atoms with E-state index >= 15 is 0 Å². The fourth-order valence-electron chi connectivity index (χ4n) is 2.45. The van der Waals surface area contributed by atoms with E-state index in [-0.39, 0.29) is 12.0 Å². The molecule has 0 bridgehead atoms. The Bertz CT molecular complexity index is 353. The maximum absolute atomic E-state index is 9.28. The standard InChI is InChI=1S/C17H29NO/c1-13(2)16(14-9-7-6-8-10-14)18-15(11-12-19)17(3,4)5/h6-10,13,15-16,18-19H,11-12H2,1-5H3. The Morgan fingerprint density at radius 3 is 2.11 bits per heavy atom. The first-order valence-electron chi connectivity index (χ1n) is 7.28. The lowest BCUT2D eigenvalue weighted by molar-refractivity contribution is 0.175. The molecule has 108 valence electrons. The Morgan fingerprint density at radius 2 is 1.68 bits per heavy atom. The molecule has 0 saturated carbocycles. The van der Waals surface area contributed by atoms with E-state index in [0.29, 0.717) is 18.0 Å². The second kappa shape index (κ2) is 7.06. The van der Waals surface area contributed by atoms with E-state index in [1.165, 1.54) is 5.56 Å².